The fraction of sp³-hybridized carbons (Fsp3) is 0.294. The molecule has 0 radical (unpaired) electrons. The zero-order valence-corrected chi connectivity index (χ0v) is 14.4. The molecule has 0 saturated heterocycles. The molecule has 0 spiro atoms. The number of rotatable bonds is 6. The van der Waals surface area contributed by atoms with E-state index >= 15 is 0 Å². The molecule has 3 aromatic rings. The Bertz CT molecular complexity index is 1030. The van der Waals surface area contributed by atoms with Gasteiger partial charge in [0, 0.05) is 19.7 Å². The Morgan fingerprint density at radius 1 is 1.35 bits per heavy atom. The normalized spacial score (nSPS) is 11.0. The van der Waals surface area contributed by atoms with Crippen molar-refractivity contribution in [2.24, 2.45) is 0 Å². The molecule has 3 aromatic heterocycles. The maximum atomic E-state index is 12.3. The lowest BCUT2D eigenvalue weighted by Crippen LogP contribution is -2.29. The van der Waals surface area contributed by atoms with Crippen LogP contribution in [0, 0.1) is 6.92 Å². The van der Waals surface area contributed by atoms with Gasteiger partial charge >= 0.3 is 11.7 Å². The maximum absolute atomic E-state index is 12.3. The van der Waals surface area contributed by atoms with Crippen LogP contribution in [0.3, 0.4) is 0 Å². The number of carboxylic acid groups (broad SMARTS) is 1. The highest BCUT2D eigenvalue weighted by Crippen LogP contribution is 2.16. The summed E-state index contributed by atoms with van der Waals surface area (Å²) in [7, 11) is 1.59. The van der Waals surface area contributed by atoms with E-state index in [2.05, 4.69) is 5.10 Å². The van der Waals surface area contributed by atoms with E-state index in [9.17, 15) is 14.4 Å². The molecule has 1 N–H and O–H groups in total. The van der Waals surface area contributed by atoms with Crippen molar-refractivity contribution in [2.75, 3.05) is 7.05 Å². The van der Waals surface area contributed by atoms with Gasteiger partial charge in [-0.15, -0.1) is 5.10 Å². The number of aryl methyl sites for hydroxylation is 2. The lowest BCUT2D eigenvalue weighted by atomic mass is 10.2. The molecule has 0 atom stereocenters. The van der Waals surface area contributed by atoms with E-state index in [1.807, 2.05) is 0 Å². The van der Waals surface area contributed by atoms with Crippen LogP contribution in [0.1, 0.15) is 28.3 Å². The number of aromatic nitrogens is 3. The largest absolute Gasteiger partial charge is 0.478 e. The van der Waals surface area contributed by atoms with Gasteiger partial charge in [0.25, 0.3) is 0 Å². The van der Waals surface area contributed by atoms with Crippen LogP contribution in [-0.4, -0.2) is 43.1 Å². The summed E-state index contributed by atoms with van der Waals surface area (Å²) < 4.78 is 8.03. The SMILES string of the molecule is Cc1oc(CN(C)C(=O)CCn2nc3ccccn3c2=O)cc1C(=O)O. The smallest absolute Gasteiger partial charge is 0.350 e. The van der Waals surface area contributed by atoms with Crippen molar-refractivity contribution in [3.05, 3.63) is 58.0 Å². The summed E-state index contributed by atoms with van der Waals surface area (Å²) in [5.41, 5.74) is 0.298. The Morgan fingerprint density at radius 3 is 2.77 bits per heavy atom. The fourth-order valence-electron chi connectivity index (χ4n) is 2.66. The summed E-state index contributed by atoms with van der Waals surface area (Å²) in [4.78, 5) is 36.9. The number of hydrogen-bond donors (Lipinski definition) is 1. The molecule has 0 aliphatic rings. The standard InChI is InChI=1S/C17H18N4O5/c1-11-13(16(23)24)9-12(26-11)10-19(2)15(22)6-8-21-17(25)20-7-4-3-5-14(20)18-21/h3-5,7,9H,6,8,10H2,1-2H3,(H,23,24). The van der Waals surface area contributed by atoms with Crippen LogP contribution in [0.4, 0.5) is 0 Å². The van der Waals surface area contributed by atoms with Gasteiger partial charge in [0.2, 0.25) is 5.91 Å². The zero-order valence-electron chi connectivity index (χ0n) is 14.4. The Labute approximate surface area is 148 Å². The first-order chi connectivity index (χ1) is 12.4. The minimum atomic E-state index is -1.07. The molecule has 1 amide bonds. The molecule has 3 heterocycles. The third kappa shape index (κ3) is 3.37. The number of nitrogens with zero attached hydrogens (tertiary/aromatic N) is 4. The minimum Gasteiger partial charge on any atom is -0.478 e. The number of carbonyl (C=O) groups excluding carboxylic acids is 1. The summed E-state index contributed by atoms with van der Waals surface area (Å²) in [5.74, 6) is -0.595. The molecule has 0 saturated carbocycles. The van der Waals surface area contributed by atoms with Crippen LogP contribution in [0.2, 0.25) is 0 Å². The van der Waals surface area contributed by atoms with Gasteiger partial charge in [-0.05, 0) is 25.1 Å². The van der Waals surface area contributed by atoms with Crippen LogP contribution in [0.5, 0.6) is 0 Å². The summed E-state index contributed by atoms with van der Waals surface area (Å²) in [6.45, 7) is 1.86. The second-order valence-electron chi connectivity index (χ2n) is 5.92. The van der Waals surface area contributed by atoms with Crippen molar-refractivity contribution < 1.29 is 19.1 Å². The molecule has 0 aliphatic carbocycles. The van der Waals surface area contributed by atoms with Gasteiger partial charge in [0.15, 0.2) is 5.65 Å². The van der Waals surface area contributed by atoms with Gasteiger partial charge < -0.3 is 14.4 Å². The molecule has 9 nitrogen and oxygen atoms in total. The second-order valence-corrected chi connectivity index (χ2v) is 5.92. The second kappa shape index (κ2) is 6.87. The first kappa shape index (κ1) is 17.5. The lowest BCUT2D eigenvalue weighted by molar-refractivity contribution is -0.130. The van der Waals surface area contributed by atoms with Gasteiger partial charge in [-0.2, -0.15) is 0 Å². The Hall–Kier alpha value is -3.36. The molecule has 0 unspecified atom stereocenters. The topological polar surface area (TPSA) is 110 Å². The lowest BCUT2D eigenvalue weighted by Gasteiger charge is -2.15. The number of carboxylic acids is 1. The fourth-order valence-corrected chi connectivity index (χ4v) is 2.66. The zero-order chi connectivity index (χ0) is 18.8. The number of fused-ring (bicyclic) bond motifs is 1. The number of amides is 1. The van der Waals surface area contributed by atoms with Crippen molar-refractivity contribution >= 4 is 17.5 Å². The van der Waals surface area contributed by atoms with E-state index in [-0.39, 0.29) is 36.7 Å². The highest BCUT2D eigenvalue weighted by atomic mass is 16.4. The molecule has 0 aromatic carbocycles. The van der Waals surface area contributed by atoms with Crippen LogP contribution in [0.25, 0.3) is 5.65 Å². The average Bonchev–Trinajstić information content (AvgIpc) is 3.13. The molecule has 0 bridgehead atoms. The average molecular weight is 358 g/mol. The van der Waals surface area contributed by atoms with E-state index < -0.39 is 5.97 Å². The minimum absolute atomic E-state index is 0.0806. The van der Waals surface area contributed by atoms with Crippen molar-refractivity contribution in [1.29, 1.82) is 0 Å². The van der Waals surface area contributed by atoms with Crippen LogP contribution < -0.4 is 5.69 Å². The van der Waals surface area contributed by atoms with E-state index in [4.69, 9.17) is 9.52 Å². The number of furan rings is 1. The molecule has 0 fully saturated rings. The van der Waals surface area contributed by atoms with Gasteiger partial charge in [0.1, 0.15) is 17.1 Å². The third-order valence-corrected chi connectivity index (χ3v) is 4.04. The van der Waals surface area contributed by atoms with Crippen LogP contribution in [-0.2, 0) is 17.9 Å². The van der Waals surface area contributed by atoms with E-state index in [0.717, 1.165) is 0 Å². The highest BCUT2D eigenvalue weighted by molar-refractivity contribution is 5.88. The summed E-state index contributed by atoms with van der Waals surface area (Å²) >= 11 is 0. The first-order valence-corrected chi connectivity index (χ1v) is 7.97. The monoisotopic (exact) mass is 358 g/mol. The molecule has 136 valence electrons. The van der Waals surface area contributed by atoms with Crippen molar-refractivity contribution in [1.82, 2.24) is 19.1 Å². The van der Waals surface area contributed by atoms with E-state index in [0.29, 0.717) is 17.2 Å². The Balaban J connectivity index is 1.64. The van der Waals surface area contributed by atoms with Crippen molar-refractivity contribution in [3.63, 3.8) is 0 Å². The van der Waals surface area contributed by atoms with Crippen molar-refractivity contribution in [3.8, 4) is 0 Å². The number of aromatic carboxylic acids is 1. The Morgan fingerprint density at radius 2 is 2.12 bits per heavy atom. The van der Waals surface area contributed by atoms with Crippen molar-refractivity contribution in [2.45, 2.75) is 26.4 Å². The highest BCUT2D eigenvalue weighted by Gasteiger charge is 2.17. The summed E-state index contributed by atoms with van der Waals surface area (Å²) in [6, 6.07) is 6.64. The summed E-state index contributed by atoms with van der Waals surface area (Å²) in [5, 5.41) is 13.2. The predicted octanol–water partition coefficient (Wildman–Crippen LogP) is 1.14. The first-order valence-electron chi connectivity index (χ1n) is 7.97. The van der Waals surface area contributed by atoms with Gasteiger partial charge in [-0.25, -0.2) is 14.3 Å². The molecule has 9 heteroatoms. The number of hydrogen-bond acceptors (Lipinski definition) is 5. The Kier molecular flexibility index (Phi) is 4.61. The van der Waals surface area contributed by atoms with Gasteiger partial charge in [-0.3, -0.25) is 9.20 Å². The van der Waals surface area contributed by atoms with Crippen LogP contribution in [0.15, 0.2) is 39.7 Å². The maximum Gasteiger partial charge on any atom is 0.350 e. The number of pyridine rings is 1. The van der Waals surface area contributed by atoms with E-state index in [1.165, 1.54) is 20.0 Å². The molecule has 3 rings (SSSR count). The quantitative estimate of drug-likeness (QED) is 0.708. The number of carbonyl (C=O) groups is 2. The summed E-state index contributed by atoms with van der Waals surface area (Å²) in [6.07, 6.45) is 1.71. The van der Waals surface area contributed by atoms with Gasteiger partial charge in [0.05, 0.1) is 13.1 Å². The molecule has 26 heavy (non-hydrogen) atoms. The predicted molar refractivity (Wildman–Crippen MR) is 90.9 cm³/mol. The van der Waals surface area contributed by atoms with Gasteiger partial charge in [-0.1, -0.05) is 6.07 Å². The van der Waals surface area contributed by atoms with E-state index in [1.54, 1.807) is 38.4 Å². The molecule has 0 aliphatic heterocycles. The van der Waals surface area contributed by atoms with Crippen LogP contribution >= 0.6 is 0 Å². The molecular weight excluding hydrogens is 340 g/mol. The molecular formula is C17H18N4O5. The third-order valence-electron chi connectivity index (χ3n) is 4.04.